The minimum absolute atomic E-state index is 0.630. The molecular weight excluding hydrogens is 639 g/mol. The maximum atomic E-state index is 6.53. The van der Waals surface area contributed by atoms with Crippen LogP contribution in [0.4, 0.5) is 0 Å². The van der Waals surface area contributed by atoms with Gasteiger partial charge in [-0.15, -0.1) is 0 Å². The molecule has 0 aliphatic carbocycles. The third kappa shape index (κ3) is 4.17. The predicted octanol–water partition coefficient (Wildman–Crippen LogP) is 12.7. The SMILES string of the molecule is Cc1c(-c2ccccc2)nc(-c2ccc3c(c2)oc2cccc(-c4ccccc4)c23)nc1-n1c2ccccc2c2c3c(ccc21)oc1ccccc13. The average Bonchev–Trinajstić information content (AvgIpc) is 3.88. The van der Waals surface area contributed by atoms with Crippen LogP contribution in [-0.2, 0) is 0 Å². The molecule has 5 heteroatoms. The Morgan fingerprint density at radius 2 is 1.12 bits per heavy atom. The summed E-state index contributed by atoms with van der Waals surface area (Å²) >= 11 is 0. The van der Waals surface area contributed by atoms with Crippen molar-refractivity contribution < 1.29 is 8.83 Å². The molecule has 0 aliphatic rings. The minimum Gasteiger partial charge on any atom is -0.456 e. The van der Waals surface area contributed by atoms with Gasteiger partial charge in [0.15, 0.2) is 5.82 Å². The van der Waals surface area contributed by atoms with E-state index in [2.05, 4.69) is 139 Å². The van der Waals surface area contributed by atoms with Crippen molar-refractivity contribution in [3.8, 4) is 39.6 Å². The highest BCUT2D eigenvalue weighted by Gasteiger charge is 2.23. The van der Waals surface area contributed by atoms with E-state index in [4.69, 9.17) is 18.8 Å². The number of furan rings is 2. The second-order valence-electron chi connectivity index (χ2n) is 13.4. The molecule has 0 saturated heterocycles. The molecule has 4 aromatic heterocycles. The summed E-state index contributed by atoms with van der Waals surface area (Å²) in [6.45, 7) is 2.13. The number of benzene rings is 7. The fourth-order valence-electron chi connectivity index (χ4n) is 8.05. The van der Waals surface area contributed by atoms with Gasteiger partial charge in [-0.2, -0.15) is 0 Å². The first-order valence-electron chi connectivity index (χ1n) is 17.5. The van der Waals surface area contributed by atoms with E-state index >= 15 is 0 Å². The van der Waals surface area contributed by atoms with Crippen molar-refractivity contribution in [3.63, 3.8) is 0 Å². The maximum Gasteiger partial charge on any atom is 0.162 e. The zero-order valence-electron chi connectivity index (χ0n) is 28.2. The first-order valence-corrected chi connectivity index (χ1v) is 17.5. The Labute approximate surface area is 298 Å². The number of aromatic nitrogens is 3. The molecule has 0 aliphatic heterocycles. The van der Waals surface area contributed by atoms with Crippen LogP contribution in [-0.4, -0.2) is 14.5 Å². The number of rotatable bonds is 4. The Morgan fingerprint density at radius 3 is 1.96 bits per heavy atom. The van der Waals surface area contributed by atoms with Crippen LogP contribution >= 0.6 is 0 Å². The van der Waals surface area contributed by atoms with Crippen LogP contribution < -0.4 is 0 Å². The fraction of sp³-hybridized carbons (Fsp3) is 0.0213. The van der Waals surface area contributed by atoms with Gasteiger partial charge < -0.3 is 8.83 Å². The van der Waals surface area contributed by atoms with Gasteiger partial charge in [0, 0.05) is 49.0 Å². The Morgan fingerprint density at radius 1 is 0.442 bits per heavy atom. The van der Waals surface area contributed by atoms with Gasteiger partial charge in [0.25, 0.3) is 0 Å². The second-order valence-corrected chi connectivity index (χ2v) is 13.4. The zero-order valence-corrected chi connectivity index (χ0v) is 28.2. The van der Waals surface area contributed by atoms with Crippen molar-refractivity contribution in [2.24, 2.45) is 0 Å². The summed E-state index contributed by atoms with van der Waals surface area (Å²) < 4.78 is 15.2. The highest BCUT2D eigenvalue weighted by atomic mass is 16.3. The van der Waals surface area contributed by atoms with Gasteiger partial charge in [-0.25, -0.2) is 9.97 Å². The number of hydrogen-bond acceptors (Lipinski definition) is 4. The highest BCUT2D eigenvalue weighted by molar-refractivity contribution is 6.27. The van der Waals surface area contributed by atoms with Crippen molar-refractivity contribution >= 4 is 65.7 Å². The maximum absolute atomic E-state index is 6.53. The van der Waals surface area contributed by atoms with E-state index < -0.39 is 0 Å². The van der Waals surface area contributed by atoms with E-state index in [1.54, 1.807) is 0 Å². The second kappa shape index (κ2) is 11.0. The zero-order chi connectivity index (χ0) is 34.3. The normalized spacial score (nSPS) is 11.9. The summed E-state index contributed by atoms with van der Waals surface area (Å²) in [7, 11) is 0. The van der Waals surface area contributed by atoms with Crippen molar-refractivity contribution in [1.82, 2.24) is 14.5 Å². The van der Waals surface area contributed by atoms with Gasteiger partial charge in [0.1, 0.15) is 28.1 Å². The van der Waals surface area contributed by atoms with Crippen LogP contribution in [0, 0.1) is 6.92 Å². The Kier molecular flexibility index (Phi) is 6.10. The topological polar surface area (TPSA) is 57.0 Å². The number of para-hydroxylation sites is 2. The van der Waals surface area contributed by atoms with E-state index in [0.717, 1.165) is 105 Å². The van der Waals surface area contributed by atoms with Crippen LogP contribution in [0.2, 0.25) is 0 Å². The van der Waals surface area contributed by atoms with Crippen molar-refractivity contribution in [1.29, 1.82) is 0 Å². The molecule has 0 N–H and O–H groups in total. The van der Waals surface area contributed by atoms with E-state index in [-0.39, 0.29) is 0 Å². The molecule has 11 rings (SSSR count). The molecule has 5 nitrogen and oxygen atoms in total. The molecule has 4 heterocycles. The molecule has 244 valence electrons. The number of fused-ring (bicyclic) bond motifs is 10. The first kappa shape index (κ1) is 28.8. The third-order valence-corrected chi connectivity index (χ3v) is 10.4. The lowest BCUT2D eigenvalue weighted by Gasteiger charge is -2.16. The van der Waals surface area contributed by atoms with Gasteiger partial charge in [-0.05, 0) is 60.5 Å². The van der Waals surface area contributed by atoms with Crippen LogP contribution in [0.5, 0.6) is 0 Å². The summed E-state index contributed by atoms with van der Waals surface area (Å²) in [5.74, 6) is 1.46. The molecule has 52 heavy (non-hydrogen) atoms. The monoisotopic (exact) mass is 667 g/mol. The molecule has 0 atom stereocenters. The molecule has 7 aromatic carbocycles. The fourth-order valence-corrected chi connectivity index (χ4v) is 8.05. The van der Waals surface area contributed by atoms with E-state index in [1.165, 1.54) is 0 Å². The standard InChI is InChI=1S/C47H29N3O2/c1-28-45(30-15-6-3-7-16-30)48-46(31-23-24-35-41(27-31)52-39-22-12-19-32(42(35)39)29-13-4-2-5-14-29)49-47(28)50-36-20-10-8-17-33(36)43-37(50)25-26-40-44(43)34-18-9-11-21-38(34)51-40/h2-27H,1H3. The summed E-state index contributed by atoms with van der Waals surface area (Å²) in [5, 5.41) is 6.68. The number of hydrogen-bond donors (Lipinski definition) is 0. The van der Waals surface area contributed by atoms with E-state index in [1.807, 2.05) is 30.3 Å². The molecule has 0 amide bonds. The Bertz CT molecular complexity index is 3190. The van der Waals surface area contributed by atoms with Gasteiger partial charge in [0.2, 0.25) is 0 Å². The summed E-state index contributed by atoms with van der Waals surface area (Å²) in [5.41, 5.74) is 11.6. The summed E-state index contributed by atoms with van der Waals surface area (Å²) in [4.78, 5) is 10.7. The molecule has 0 saturated carbocycles. The molecule has 0 fully saturated rings. The highest BCUT2D eigenvalue weighted by Crippen LogP contribution is 2.43. The summed E-state index contributed by atoms with van der Waals surface area (Å²) in [6, 6.07) is 54.6. The predicted molar refractivity (Wildman–Crippen MR) is 212 cm³/mol. The molecule has 0 bridgehead atoms. The van der Waals surface area contributed by atoms with Crippen molar-refractivity contribution in [3.05, 3.63) is 163 Å². The molecule has 11 aromatic rings. The largest absolute Gasteiger partial charge is 0.456 e. The quantitative estimate of drug-likeness (QED) is 0.187. The Balaban J connectivity index is 1.19. The summed E-state index contributed by atoms with van der Waals surface area (Å²) in [6.07, 6.45) is 0. The van der Waals surface area contributed by atoms with Crippen LogP contribution in [0.1, 0.15) is 5.56 Å². The first-order chi connectivity index (χ1) is 25.7. The molecule has 0 unspecified atom stereocenters. The van der Waals surface area contributed by atoms with E-state index in [9.17, 15) is 0 Å². The van der Waals surface area contributed by atoms with Gasteiger partial charge in [0.05, 0.1) is 16.7 Å². The van der Waals surface area contributed by atoms with Crippen LogP contribution in [0.15, 0.2) is 167 Å². The molecular formula is C47H29N3O2. The Hall–Kier alpha value is -6.98. The van der Waals surface area contributed by atoms with Gasteiger partial charge >= 0.3 is 0 Å². The molecule has 0 spiro atoms. The number of nitrogens with zero attached hydrogens (tertiary/aromatic N) is 3. The third-order valence-electron chi connectivity index (χ3n) is 10.4. The van der Waals surface area contributed by atoms with Crippen molar-refractivity contribution in [2.75, 3.05) is 0 Å². The smallest absolute Gasteiger partial charge is 0.162 e. The van der Waals surface area contributed by atoms with Crippen LogP contribution in [0.3, 0.4) is 0 Å². The minimum atomic E-state index is 0.630. The lowest BCUT2D eigenvalue weighted by Crippen LogP contribution is -2.06. The lowest BCUT2D eigenvalue weighted by atomic mass is 9.99. The van der Waals surface area contributed by atoms with Crippen molar-refractivity contribution in [2.45, 2.75) is 6.92 Å². The van der Waals surface area contributed by atoms with Crippen LogP contribution in [0.25, 0.3) is 105 Å². The lowest BCUT2D eigenvalue weighted by molar-refractivity contribution is 0.669. The van der Waals surface area contributed by atoms with Gasteiger partial charge in [-0.3, -0.25) is 4.57 Å². The van der Waals surface area contributed by atoms with E-state index in [0.29, 0.717) is 5.82 Å². The average molecular weight is 668 g/mol. The molecule has 0 radical (unpaired) electrons. The van der Waals surface area contributed by atoms with Gasteiger partial charge in [-0.1, -0.05) is 115 Å².